The highest BCUT2D eigenvalue weighted by atomic mass is 32.2. The van der Waals surface area contributed by atoms with Crippen molar-refractivity contribution in [1.82, 2.24) is 9.80 Å². The number of amides is 1. The molecule has 2 aliphatic heterocycles. The Morgan fingerprint density at radius 2 is 1.74 bits per heavy atom. The number of piperazine rings is 1. The summed E-state index contributed by atoms with van der Waals surface area (Å²) in [4.78, 5) is 17.0. The topological polar surface area (TPSA) is 79.4 Å². The van der Waals surface area contributed by atoms with Crippen molar-refractivity contribution in [2.75, 3.05) is 50.1 Å². The van der Waals surface area contributed by atoms with E-state index in [0.717, 1.165) is 47.8 Å². The van der Waals surface area contributed by atoms with Crippen molar-refractivity contribution in [2.45, 2.75) is 33.2 Å². The summed E-state index contributed by atoms with van der Waals surface area (Å²) in [6, 6.07) is 11.8. The van der Waals surface area contributed by atoms with Gasteiger partial charge in [0, 0.05) is 45.7 Å². The molecule has 0 bridgehead atoms. The van der Waals surface area contributed by atoms with E-state index in [9.17, 15) is 13.2 Å². The number of sulfonamides is 1. The standard InChI is InChI=1S/C25H33N3O5S/c1-19-6-7-20(2)22(15-19)28(34(3,30)31)10-4-5-25(29)27-13-11-26(12-14-27)17-21-8-9-23-24(16-21)33-18-32-23/h6-9,15-16H,4-5,10-14,17-18H2,1-3H3. The minimum atomic E-state index is -3.44. The molecule has 34 heavy (non-hydrogen) atoms. The third-order valence-electron chi connectivity index (χ3n) is 6.35. The molecular weight excluding hydrogens is 454 g/mol. The van der Waals surface area contributed by atoms with Gasteiger partial charge in [0.15, 0.2) is 11.5 Å². The van der Waals surface area contributed by atoms with Crippen LogP contribution >= 0.6 is 0 Å². The van der Waals surface area contributed by atoms with Gasteiger partial charge in [-0.25, -0.2) is 8.42 Å². The Hall–Kier alpha value is -2.78. The number of rotatable bonds is 8. The fourth-order valence-electron chi connectivity index (χ4n) is 4.44. The van der Waals surface area contributed by atoms with Crippen molar-refractivity contribution in [1.29, 1.82) is 0 Å². The average molecular weight is 488 g/mol. The maximum atomic E-state index is 12.8. The van der Waals surface area contributed by atoms with E-state index in [1.165, 1.54) is 10.6 Å². The Bertz CT molecular complexity index is 1140. The van der Waals surface area contributed by atoms with Crippen LogP contribution in [0.4, 0.5) is 5.69 Å². The van der Waals surface area contributed by atoms with Crippen molar-refractivity contribution >= 4 is 21.6 Å². The van der Waals surface area contributed by atoms with Crippen molar-refractivity contribution in [2.24, 2.45) is 0 Å². The lowest BCUT2D eigenvalue weighted by molar-refractivity contribution is -0.133. The molecule has 2 aromatic carbocycles. The number of carbonyl (C=O) groups is 1. The van der Waals surface area contributed by atoms with Gasteiger partial charge in [-0.3, -0.25) is 14.0 Å². The first-order chi connectivity index (χ1) is 16.2. The number of aryl methyl sites for hydroxylation is 2. The molecule has 0 saturated carbocycles. The van der Waals surface area contributed by atoms with E-state index in [4.69, 9.17) is 9.47 Å². The number of carbonyl (C=O) groups excluding carboxylic acids is 1. The molecule has 1 amide bonds. The van der Waals surface area contributed by atoms with Crippen molar-refractivity contribution < 1.29 is 22.7 Å². The van der Waals surface area contributed by atoms with Crippen molar-refractivity contribution in [3.05, 3.63) is 53.1 Å². The summed E-state index contributed by atoms with van der Waals surface area (Å²) >= 11 is 0. The highest BCUT2D eigenvalue weighted by Gasteiger charge is 2.24. The summed E-state index contributed by atoms with van der Waals surface area (Å²) in [6.45, 7) is 8.17. The summed E-state index contributed by atoms with van der Waals surface area (Å²) < 4.78 is 37.1. The highest BCUT2D eigenvalue weighted by molar-refractivity contribution is 7.92. The average Bonchev–Trinajstić information content (AvgIpc) is 3.26. The lowest BCUT2D eigenvalue weighted by atomic mass is 10.1. The number of hydrogen-bond donors (Lipinski definition) is 0. The molecule has 0 atom stereocenters. The second kappa shape index (κ2) is 10.2. The van der Waals surface area contributed by atoms with Gasteiger partial charge >= 0.3 is 0 Å². The zero-order valence-electron chi connectivity index (χ0n) is 20.1. The van der Waals surface area contributed by atoms with Gasteiger partial charge in [0.2, 0.25) is 22.7 Å². The first kappa shape index (κ1) is 24.3. The second-order valence-electron chi connectivity index (χ2n) is 9.07. The number of ether oxygens (including phenoxy) is 2. The molecule has 4 rings (SSSR count). The smallest absolute Gasteiger partial charge is 0.232 e. The summed E-state index contributed by atoms with van der Waals surface area (Å²) in [5.41, 5.74) is 3.76. The lowest BCUT2D eigenvalue weighted by Crippen LogP contribution is -2.48. The first-order valence-electron chi connectivity index (χ1n) is 11.6. The summed E-state index contributed by atoms with van der Waals surface area (Å²) in [5.74, 6) is 1.65. The molecule has 2 heterocycles. The van der Waals surface area contributed by atoms with Crippen LogP contribution in [0.5, 0.6) is 11.5 Å². The SMILES string of the molecule is Cc1ccc(C)c(N(CCCC(=O)N2CCN(Cc3ccc4c(c3)OCO4)CC2)S(C)(=O)=O)c1. The lowest BCUT2D eigenvalue weighted by Gasteiger charge is -2.35. The molecular formula is C25H33N3O5S. The van der Waals surface area contributed by atoms with Gasteiger partial charge in [-0.1, -0.05) is 18.2 Å². The summed E-state index contributed by atoms with van der Waals surface area (Å²) in [6.07, 6.45) is 2.03. The first-order valence-corrected chi connectivity index (χ1v) is 13.5. The van der Waals surface area contributed by atoms with Crippen LogP contribution in [0, 0.1) is 13.8 Å². The molecule has 2 aliphatic rings. The quantitative estimate of drug-likeness (QED) is 0.570. The third-order valence-corrected chi connectivity index (χ3v) is 7.53. The maximum Gasteiger partial charge on any atom is 0.232 e. The predicted octanol–water partition coefficient (Wildman–Crippen LogP) is 2.92. The van der Waals surface area contributed by atoms with Crippen LogP contribution in [0.25, 0.3) is 0 Å². The molecule has 0 radical (unpaired) electrons. The number of hydrogen-bond acceptors (Lipinski definition) is 6. The summed E-state index contributed by atoms with van der Waals surface area (Å²) in [7, 11) is -3.44. The minimum Gasteiger partial charge on any atom is -0.454 e. The molecule has 0 spiro atoms. The normalized spacial score (nSPS) is 16.0. The van der Waals surface area contributed by atoms with Gasteiger partial charge in [-0.2, -0.15) is 0 Å². The Labute approximate surface area is 202 Å². The predicted molar refractivity (Wildman–Crippen MR) is 132 cm³/mol. The monoisotopic (exact) mass is 487 g/mol. The molecule has 8 nitrogen and oxygen atoms in total. The molecule has 1 fully saturated rings. The zero-order valence-corrected chi connectivity index (χ0v) is 20.9. The van der Waals surface area contributed by atoms with Gasteiger partial charge in [0.05, 0.1) is 11.9 Å². The molecule has 2 aromatic rings. The van der Waals surface area contributed by atoms with Crippen LogP contribution < -0.4 is 13.8 Å². The molecule has 0 aliphatic carbocycles. The molecule has 0 N–H and O–H groups in total. The number of benzene rings is 2. The van der Waals surface area contributed by atoms with Crippen LogP contribution in [-0.2, 0) is 21.4 Å². The molecule has 9 heteroatoms. The fraction of sp³-hybridized carbons (Fsp3) is 0.480. The van der Waals surface area contributed by atoms with Gasteiger partial charge in [-0.15, -0.1) is 0 Å². The van der Waals surface area contributed by atoms with E-state index >= 15 is 0 Å². The Kier molecular flexibility index (Phi) is 7.33. The molecule has 184 valence electrons. The zero-order chi connectivity index (χ0) is 24.3. The second-order valence-corrected chi connectivity index (χ2v) is 11.0. The van der Waals surface area contributed by atoms with Crippen LogP contribution in [0.1, 0.15) is 29.5 Å². The van der Waals surface area contributed by atoms with E-state index in [2.05, 4.69) is 11.0 Å². The van der Waals surface area contributed by atoms with E-state index in [1.807, 2.05) is 49.1 Å². The van der Waals surface area contributed by atoms with Crippen LogP contribution in [0.2, 0.25) is 0 Å². The van der Waals surface area contributed by atoms with E-state index in [1.54, 1.807) is 0 Å². The van der Waals surface area contributed by atoms with Gasteiger partial charge in [-0.05, 0) is 55.2 Å². The van der Waals surface area contributed by atoms with Crippen molar-refractivity contribution in [3.63, 3.8) is 0 Å². The number of nitrogens with zero attached hydrogens (tertiary/aromatic N) is 3. The molecule has 1 saturated heterocycles. The highest BCUT2D eigenvalue weighted by Crippen LogP contribution is 2.33. The third kappa shape index (κ3) is 5.82. The molecule has 0 unspecified atom stereocenters. The Balaban J connectivity index is 1.26. The Morgan fingerprint density at radius 3 is 2.47 bits per heavy atom. The van der Waals surface area contributed by atoms with Crippen LogP contribution in [0.3, 0.4) is 0 Å². The Morgan fingerprint density at radius 1 is 1.00 bits per heavy atom. The van der Waals surface area contributed by atoms with E-state index in [-0.39, 0.29) is 12.7 Å². The van der Waals surface area contributed by atoms with Gasteiger partial charge < -0.3 is 14.4 Å². The van der Waals surface area contributed by atoms with Crippen LogP contribution in [-0.4, -0.2) is 69.9 Å². The largest absolute Gasteiger partial charge is 0.454 e. The summed E-state index contributed by atoms with van der Waals surface area (Å²) in [5, 5.41) is 0. The minimum absolute atomic E-state index is 0.0807. The maximum absolute atomic E-state index is 12.8. The van der Waals surface area contributed by atoms with E-state index in [0.29, 0.717) is 38.2 Å². The number of fused-ring (bicyclic) bond motifs is 1. The van der Waals surface area contributed by atoms with Crippen LogP contribution in [0.15, 0.2) is 36.4 Å². The van der Waals surface area contributed by atoms with Gasteiger partial charge in [0.1, 0.15) is 0 Å². The van der Waals surface area contributed by atoms with Gasteiger partial charge in [0.25, 0.3) is 0 Å². The van der Waals surface area contributed by atoms with E-state index < -0.39 is 10.0 Å². The van der Waals surface area contributed by atoms with Crippen molar-refractivity contribution in [3.8, 4) is 11.5 Å². The molecule has 0 aromatic heterocycles. The number of anilines is 1. The fourth-order valence-corrected chi connectivity index (χ4v) is 5.45.